The van der Waals surface area contributed by atoms with E-state index in [0.717, 1.165) is 18.3 Å². The van der Waals surface area contributed by atoms with E-state index in [2.05, 4.69) is 10.3 Å². The van der Waals surface area contributed by atoms with Gasteiger partial charge >= 0.3 is 5.97 Å². The number of nitrogens with zero attached hydrogens (tertiary/aromatic N) is 2. The van der Waals surface area contributed by atoms with Gasteiger partial charge in [-0.3, -0.25) is 10.1 Å². The van der Waals surface area contributed by atoms with Gasteiger partial charge in [0.15, 0.2) is 0 Å². The number of aryl methyl sites for hydroxylation is 1. The zero-order valence-corrected chi connectivity index (χ0v) is 10.8. The van der Waals surface area contributed by atoms with Crippen LogP contribution in [0.1, 0.15) is 15.9 Å². The number of carbonyl (C=O) groups is 1. The number of benzene rings is 1. The molecule has 1 aromatic carbocycles. The molecule has 8 heteroatoms. The quantitative estimate of drug-likeness (QED) is 0.662. The Labute approximate surface area is 118 Å². The molecule has 0 radical (unpaired) electrons. The van der Waals surface area contributed by atoms with Crippen molar-refractivity contribution in [3.63, 3.8) is 0 Å². The summed E-state index contributed by atoms with van der Waals surface area (Å²) < 4.78 is 13.5. The molecule has 0 atom stereocenters. The summed E-state index contributed by atoms with van der Waals surface area (Å²) in [4.78, 5) is 24.6. The maximum atomic E-state index is 13.5. The molecule has 0 aliphatic heterocycles. The van der Waals surface area contributed by atoms with E-state index in [0.29, 0.717) is 17.1 Å². The van der Waals surface area contributed by atoms with Gasteiger partial charge in [-0.2, -0.15) is 0 Å². The van der Waals surface area contributed by atoms with Crippen molar-refractivity contribution in [3.8, 4) is 0 Å². The van der Waals surface area contributed by atoms with Gasteiger partial charge in [0.25, 0.3) is 5.69 Å². The van der Waals surface area contributed by atoms with E-state index < -0.39 is 22.3 Å². The summed E-state index contributed by atoms with van der Waals surface area (Å²) in [5.74, 6) is -1.92. The van der Waals surface area contributed by atoms with Crippen LogP contribution in [-0.2, 0) is 0 Å². The highest BCUT2D eigenvalue weighted by molar-refractivity contribution is 5.88. The Balaban J connectivity index is 2.28. The molecule has 1 heterocycles. The van der Waals surface area contributed by atoms with Crippen molar-refractivity contribution in [2.45, 2.75) is 6.92 Å². The summed E-state index contributed by atoms with van der Waals surface area (Å²) in [5, 5.41) is 22.1. The van der Waals surface area contributed by atoms with E-state index in [1.807, 2.05) is 0 Å². The minimum absolute atomic E-state index is 0.148. The lowest BCUT2D eigenvalue weighted by Gasteiger charge is -2.09. The molecule has 0 unspecified atom stereocenters. The van der Waals surface area contributed by atoms with Crippen LogP contribution in [0.15, 0.2) is 30.5 Å². The summed E-state index contributed by atoms with van der Waals surface area (Å²) in [6.07, 6.45) is 1.08. The average molecular weight is 291 g/mol. The van der Waals surface area contributed by atoms with Gasteiger partial charge in [-0.1, -0.05) is 0 Å². The first-order valence-electron chi connectivity index (χ1n) is 5.79. The summed E-state index contributed by atoms with van der Waals surface area (Å²) in [5.41, 5.74) is 0.216. The Morgan fingerprint density at radius 3 is 2.67 bits per heavy atom. The van der Waals surface area contributed by atoms with Gasteiger partial charge in [-0.25, -0.2) is 14.2 Å². The first kappa shape index (κ1) is 14.4. The molecule has 0 aliphatic carbocycles. The number of anilines is 2. The van der Waals surface area contributed by atoms with E-state index in [1.54, 1.807) is 6.92 Å². The van der Waals surface area contributed by atoms with Gasteiger partial charge in [-0.15, -0.1) is 0 Å². The van der Waals surface area contributed by atoms with Crippen LogP contribution in [0.3, 0.4) is 0 Å². The number of rotatable bonds is 4. The fraction of sp³-hybridized carbons (Fsp3) is 0.0769. The van der Waals surface area contributed by atoms with Gasteiger partial charge in [0.1, 0.15) is 17.8 Å². The molecule has 2 rings (SSSR count). The standard InChI is InChI=1S/C13H10FN3O4/c1-7-4-9(17(20)21)6-15-12(7)16-8-2-3-10(13(18)19)11(14)5-8/h2-6H,1H3,(H,15,16)(H,18,19). The van der Waals surface area contributed by atoms with Gasteiger partial charge in [0.05, 0.1) is 10.5 Å². The number of hydrogen-bond acceptors (Lipinski definition) is 5. The molecular formula is C13H10FN3O4. The van der Waals surface area contributed by atoms with Gasteiger partial charge in [-0.05, 0) is 30.7 Å². The van der Waals surface area contributed by atoms with Crippen LogP contribution < -0.4 is 5.32 Å². The molecule has 0 fully saturated rings. The lowest BCUT2D eigenvalue weighted by molar-refractivity contribution is -0.385. The number of hydrogen-bond donors (Lipinski definition) is 2. The number of aromatic nitrogens is 1. The number of aromatic carboxylic acids is 1. The summed E-state index contributed by atoms with van der Waals surface area (Å²) >= 11 is 0. The van der Waals surface area contributed by atoms with Gasteiger partial charge in [0.2, 0.25) is 0 Å². The van der Waals surface area contributed by atoms with Crippen molar-refractivity contribution in [1.82, 2.24) is 4.98 Å². The minimum Gasteiger partial charge on any atom is -0.478 e. The number of nitro groups is 1. The minimum atomic E-state index is -1.36. The zero-order valence-electron chi connectivity index (χ0n) is 10.8. The number of carboxylic acid groups (broad SMARTS) is 1. The molecule has 0 saturated heterocycles. The van der Waals surface area contributed by atoms with Crippen molar-refractivity contribution in [2.24, 2.45) is 0 Å². The molecule has 0 spiro atoms. The fourth-order valence-corrected chi connectivity index (χ4v) is 1.69. The van der Waals surface area contributed by atoms with E-state index in [-0.39, 0.29) is 5.69 Å². The molecule has 0 bridgehead atoms. The SMILES string of the molecule is Cc1cc([N+](=O)[O-])cnc1Nc1ccc(C(=O)O)c(F)c1. The third-order valence-corrected chi connectivity index (χ3v) is 2.74. The monoisotopic (exact) mass is 291 g/mol. The number of pyridine rings is 1. The molecule has 2 aromatic rings. The molecular weight excluding hydrogens is 281 g/mol. The summed E-state index contributed by atoms with van der Waals surface area (Å²) in [6.45, 7) is 1.62. The number of carboxylic acids is 1. The van der Waals surface area contributed by atoms with E-state index in [1.165, 1.54) is 12.1 Å². The predicted molar refractivity (Wildman–Crippen MR) is 72.3 cm³/mol. The van der Waals surface area contributed by atoms with Crippen molar-refractivity contribution in [1.29, 1.82) is 0 Å². The average Bonchev–Trinajstić information content (AvgIpc) is 2.40. The smallest absolute Gasteiger partial charge is 0.338 e. The maximum Gasteiger partial charge on any atom is 0.338 e. The van der Waals surface area contributed by atoms with Gasteiger partial charge < -0.3 is 10.4 Å². The molecule has 0 saturated carbocycles. The molecule has 0 amide bonds. The van der Waals surface area contributed by atoms with Crippen LogP contribution >= 0.6 is 0 Å². The Kier molecular flexibility index (Phi) is 3.79. The zero-order chi connectivity index (χ0) is 15.6. The lowest BCUT2D eigenvalue weighted by Crippen LogP contribution is -2.02. The largest absolute Gasteiger partial charge is 0.478 e. The second-order valence-electron chi connectivity index (χ2n) is 4.24. The van der Waals surface area contributed by atoms with Crippen molar-refractivity contribution < 1.29 is 19.2 Å². The molecule has 2 N–H and O–H groups in total. The Bertz CT molecular complexity index is 733. The summed E-state index contributed by atoms with van der Waals surface area (Å²) in [6, 6.07) is 4.86. The van der Waals surface area contributed by atoms with Crippen LogP contribution in [0.25, 0.3) is 0 Å². The Morgan fingerprint density at radius 2 is 2.14 bits per heavy atom. The fourth-order valence-electron chi connectivity index (χ4n) is 1.69. The molecule has 0 aliphatic rings. The van der Waals surface area contributed by atoms with Crippen LogP contribution in [0.4, 0.5) is 21.6 Å². The van der Waals surface area contributed by atoms with E-state index >= 15 is 0 Å². The highest BCUT2D eigenvalue weighted by Crippen LogP contribution is 2.23. The Morgan fingerprint density at radius 1 is 1.43 bits per heavy atom. The number of nitrogens with one attached hydrogen (secondary N) is 1. The second kappa shape index (κ2) is 5.53. The van der Waals surface area contributed by atoms with Crippen molar-refractivity contribution >= 4 is 23.2 Å². The van der Waals surface area contributed by atoms with Crippen LogP contribution in [0.2, 0.25) is 0 Å². The first-order chi connectivity index (χ1) is 9.88. The lowest BCUT2D eigenvalue weighted by atomic mass is 10.2. The topological polar surface area (TPSA) is 105 Å². The predicted octanol–water partition coefficient (Wildman–Crippen LogP) is 2.88. The van der Waals surface area contributed by atoms with Crippen molar-refractivity contribution in [3.05, 3.63) is 57.5 Å². The van der Waals surface area contributed by atoms with Crippen LogP contribution in [-0.4, -0.2) is 21.0 Å². The summed E-state index contributed by atoms with van der Waals surface area (Å²) in [7, 11) is 0. The second-order valence-corrected chi connectivity index (χ2v) is 4.24. The third kappa shape index (κ3) is 3.11. The first-order valence-corrected chi connectivity index (χ1v) is 5.79. The maximum absolute atomic E-state index is 13.5. The van der Waals surface area contributed by atoms with Crippen LogP contribution in [0.5, 0.6) is 0 Å². The van der Waals surface area contributed by atoms with Crippen molar-refractivity contribution in [2.75, 3.05) is 5.32 Å². The third-order valence-electron chi connectivity index (χ3n) is 2.74. The molecule has 108 valence electrons. The molecule has 21 heavy (non-hydrogen) atoms. The van der Waals surface area contributed by atoms with E-state index in [4.69, 9.17) is 5.11 Å². The highest BCUT2D eigenvalue weighted by atomic mass is 19.1. The normalized spacial score (nSPS) is 10.2. The van der Waals surface area contributed by atoms with Gasteiger partial charge in [0, 0.05) is 11.8 Å². The molecule has 1 aromatic heterocycles. The Hall–Kier alpha value is -3.03. The van der Waals surface area contributed by atoms with Crippen LogP contribution in [0, 0.1) is 22.9 Å². The molecule has 7 nitrogen and oxygen atoms in total. The van der Waals surface area contributed by atoms with E-state index in [9.17, 15) is 19.3 Å². The highest BCUT2D eigenvalue weighted by Gasteiger charge is 2.12. The number of halogens is 1.